The first kappa shape index (κ1) is 19.9. The number of aliphatic hydroxyl groups excluding tert-OH is 1. The van der Waals surface area contributed by atoms with Gasteiger partial charge >= 0.3 is 0 Å². The fraction of sp³-hybridized carbons (Fsp3) is 0.455. The molecule has 2 unspecified atom stereocenters. The molecule has 0 aliphatic rings. The molecule has 0 aliphatic heterocycles. The van der Waals surface area contributed by atoms with Gasteiger partial charge in [-0.05, 0) is 57.0 Å². The quantitative estimate of drug-likeness (QED) is 0.680. The van der Waals surface area contributed by atoms with Crippen LogP contribution in [0.25, 0.3) is 0 Å². The number of hydrogen-bond acceptors (Lipinski definition) is 2. The van der Waals surface area contributed by atoms with Crippen molar-refractivity contribution in [3.05, 3.63) is 58.1 Å². The van der Waals surface area contributed by atoms with Crippen LogP contribution in [0.3, 0.4) is 0 Å². The molecule has 0 radical (unpaired) electrons. The fourth-order valence-electron chi connectivity index (χ4n) is 3.60. The lowest BCUT2D eigenvalue weighted by Gasteiger charge is -2.35. The lowest BCUT2D eigenvalue weighted by molar-refractivity contribution is 0.200. The Kier molecular flexibility index (Phi) is 6.30. The third-order valence-corrected chi connectivity index (χ3v) is 7.38. The van der Waals surface area contributed by atoms with Crippen LogP contribution in [-0.2, 0) is 5.16 Å². The Morgan fingerprint density at radius 1 is 1.00 bits per heavy atom. The predicted octanol–water partition coefficient (Wildman–Crippen LogP) is 5.39. The molecule has 0 saturated heterocycles. The summed E-state index contributed by atoms with van der Waals surface area (Å²) in [6, 6.07) is 10.5. The summed E-state index contributed by atoms with van der Waals surface area (Å²) in [7, 11) is 0.500. The van der Waals surface area contributed by atoms with Gasteiger partial charge < -0.3 is 10.2 Å². The van der Waals surface area contributed by atoms with Crippen LogP contribution >= 0.6 is 8.58 Å². The van der Waals surface area contributed by atoms with Crippen molar-refractivity contribution in [3.63, 3.8) is 0 Å². The number of benzene rings is 2. The molecule has 2 atom stereocenters. The molecule has 0 bridgehead atoms. The highest BCUT2D eigenvalue weighted by Gasteiger charge is 2.33. The summed E-state index contributed by atoms with van der Waals surface area (Å²) < 4.78 is 0. The predicted molar refractivity (Wildman–Crippen MR) is 110 cm³/mol. The van der Waals surface area contributed by atoms with E-state index in [0.717, 1.165) is 35.1 Å². The van der Waals surface area contributed by atoms with Crippen molar-refractivity contribution in [1.29, 1.82) is 0 Å². The maximum atomic E-state index is 10.8. The average molecular weight is 358 g/mol. The van der Waals surface area contributed by atoms with E-state index in [4.69, 9.17) is 0 Å². The van der Waals surface area contributed by atoms with Gasteiger partial charge in [-0.25, -0.2) is 0 Å². The van der Waals surface area contributed by atoms with Gasteiger partial charge in [0, 0.05) is 10.7 Å². The van der Waals surface area contributed by atoms with Crippen molar-refractivity contribution in [2.24, 2.45) is 0 Å². The van der Waals surface area contributed by atoms with Crippen LogP contribution in [0.1, 0.15) is 67.5 Å². The van der Waals surface area contributed by atoms with Gasteiger partial charge in [-0.15, -0.1) is 0 Å². The van der Waals surface area contributed by atoms with Crippen LogP contribution in [0.5, 0.6) is 5.75 Å². The summed E-state index contributed by atoms with van der Waals surface area (Å²) in [6.45, 7) is 12.3. The summed E-state index contributed by atoms with van der Waals surface area (Å²) >= 11 is 0. The Morgan fingerprint density at radius 3 is 2.20 bits per heavy atom. The summed E-state index contributed by atoms with van der Waals surface area (Å²) in [6.07, 6.45) is 1.42. The molecule has 0 aromatic heterocycles. The number of hydrogen-bond donors (Lipinski definition) is 2. The van der Waals surface area contributed by atoms with Gasteiger partial charge in [0.15, 0.2) is 0 Å². The molecule has 2 aromatic rings. The van der Waals surface area contributed by atoms with Gasteiger partial charge in [0.1, 0.15) is 5.75 Å². The van der Waals surface area contributed by atoms with Gasteiger partial charge in [0.25, 0.3) is 0 Å². The third kappa shape index (κ3) is 4.07. The minimum Gasteiger partial charge on any atom is -0.507 e. The van der Waals surface area contributed by atoms with Crippen LogP contribution < -0.4 is 5.30 Å². The Hall–Kier alpha value is -1.37. The van der Waals surface area contributed by atoms with Crippen LogP contribution in [-0.4, -0.2) is 10.2 Å². The number of phenolic OH excluding ortho intramolecular Hbond substituents is 1. The minimum absolute atomic E-state index is 0.111. The largest absolute Gasteiger partial charge is 0.507 e. The van der Waals surface area contributed by atoms with Crippen LogP contribution in [0.4, 0.5) is 0 Å². The van der Waals surface area contributed by atoms with Gasteiger partial charge in [-0.3, -0.25) is 0 Å². The molecule has 25 heavy (non-hydrogen) atoms. The maximum Gasteiger partial charge on any atom is 0.122 e. The van der Waals surface area contributed by atoms with Crippen molar-refractivity contribution in [1.82, 2.24) is 0 Å². The van der Waals surface area contributed by atoms with Crippen LogP contribution in [0, 0.1) is 20.8 Å². The molecular formula is C22H31O2P. The lowest BCUT2D eigenvalue weighted by atomic mass is 9.89. The highest BCUT2D eigenvalue weighted by atomic mass is 31.1. The minimum atomic E-state index is -0.485. The molecule has 2 rings (SSSR count). The monoisotopic (exact) mass is 358 g/mol. The zero-order valence-electron chi connectivity index (χ0n) is 16.3. The molecule has 0 amide bonds. The molecule has 2 N–H and O–H groups in total. The van der Waals surface area contributed by atoms with E-state index in [2.05, 4.69) is 52.0 Å². The molecular weight excluding hydrogens is 327 g/mol. The fourth-order valence-corrected chi connectivity index (χ4v) is 5.39. The van der Waals surface area contributed by atoms with E-state index >= 15 is 0 Å². The topological polar surface area (TPSA) is 40.5 Å². The van der Waals surface area contributed by atoms with Gasteiger partial charge in [0.2, 0.25) is 0 Å². The lowest BCUT2D eigenvalue weighted by Crippen LogP contribution is -2.24. The first-order valence-electron chi connectivity index (χ1n) is 9.11. The normalized spacial score (nSPS) is 13.6. The molecule has 136 valence electrons. The van der Waals surface area contributed by atoms with Crippen molar-refractivity contribution in [2.45, 2.75) is 65.6 Å². The SMILES string of the molecule is CCC(CC)(Pc1ccc(C)cc1C(C)O)c1cc(C)cc(C)c1O. The second kappa shape index (κ2) is 7.89. The molecule has 0 heterocycles. The average Bonchev–Trinajstić information content (AvgIpc) is 2.57. The molecule has 0 saturated carbocycles. The summed E-state index contributed by atoms with van der Waals surface area (Å²) in [5.74, 6) is 0.424. The van der Waals surface area contributed by atoms with Crippen LogP contribution in [0.15, 0.2) is 30.3 Å². The zero-order valence-corrected chi connectivity index (χ0v) is 17.3. The second-order valence-electron chi connectivity index (χ2n) is 7.16. The summed E-state index contributed by atoms with van der Waals surface area (Å²) in [5.41, 5.74) is 5.34. The number of aromatic hydroxyl groups is 1. The van der Waals surface area contributed by atoms with E-state index in [-0.39, 0.29) is 5.16 Å². The van der Waals surface area contributed by atoms with E-state index in [9.17, 15) is 10.2 Å². The van der Waals surface area contributed by atoms with E-state index in [1.165, 1.54) is 10.9 Å². The number of aryl methyl sites for hydroxylation is 3. The Morgan fingerprint density at radius 2 is 1.64 bits per heavy atom. The summed E-state index contributed by atoms with van der Waals surface area (Å²) in [4.78, 5) is 0. The van der Waals surface area contributed by atoms with E-state index in [1.54, 1.807) is 0 Å². The summed E-state index contributed by atoms with van der Waals surface area (Å²) in [5, 5.41) is 22.1. The molecule has 0 fully saturated rings. The highest BCUT2D eigenvalue weighted by Crippen LogP contribution is 2.51. The van der Waals surface area contributed by atoms with E-state index in [0.29, 0.717) is 14.3 Å². The van der Waals surface area contributed by atoms with Crippen molar-refractivity contribution >= 4 is 13.9 Å². The zero-order chi connectivity index (χ0) is 18.8. The third-order valence-electron chi connectivity index (χ3n) is 5.20. The molecule has 2 nitrogen and oxygen atoms in total. The van der Waals surface area contributed by atoms with Crippen molar-refractivity contribution in [2.75, 3.05) is 0 Å². The van der Waals surface area contributed by atoms with E-state index in [1.807, 2.05) is 19.9 Å². The molecule has 2 aromatic carbocycles. The first-order valence-corrected chi connectivity index (χ1v) is 10.1. The molecule has 0 aliphatic carbocycles. The molecule has 0 spiro atoms. The van der Waals surface area contributed by atoms with Crippen molar-refractivity contribution < 1.29 is 10.2 Å². The number of phenols is 1. The van der Waals surface area contributed by atoms with Gasteiger partial charge in [-0.1, -0.05) is 63.9 Å². The maximum absolute atomic E-state index is 10.8. The van der Waals surface area contributed by atoms with Gasteiger partial charge in [0.05, 0.1) is 6.10 Å². The highest BCUT2D eigenvalue weighted by molar-refractivity contribution is 7.48. The van der Waals surface area contributed by atoms with E-state index < -0.39 is 6.10 Å². The van der Waals surface area contributed by atoms with Crippen molar-refractivity contribution in [3.8, 4) is 5.75 Å². The van der Waals surface area contributed by atoms with Gasteiger partial charge in [-0.2, -0.15) is 0 Å². The number of aliphatic hydroxyl groups is 1. The first-order chi connectivity index (χ1) is 11.7. The smallest absolute Gasteiger partial charge is 0.122 e. The Bertz CT molecular complexity index is 746. The van der Waals surface area contributed by atoms with Crippen LogP contribution in [0.2, 0.25) is 0 Å². The Balaban J connectivity index is 2.60. The standard InChI is InChI=1S/C22H31O2P/c1-7-22(8-2,19-13-15(4)11-16(5)21(19)24)25-20-10-9-14(3)12-18(20)17(6)23/h9-13,17,23-25H,7-8H2,1-6H3. The Labute approximate surface area is 154 Å². The molecule has 3 heteroatoms. The number of rotatable bonds is 6. The second-order valence-corrected chi connectivity index (χ2v) is 8.90.